The summed E-state index contributed by atoms with van der Waals surface area (Å²) in [4.78, 5) is 22.2. The third-order valence-electron chi connectivity index (χ3n) is 5.11. The van der Waals surface area contributed by atoms with E-state index in [0.29, 0.717) is 45.1 Å². The number of benzene rings is 1. The Morgan fingerprint density at radius 3 is 2.50 bits per heavy atom. The van der Waals surface area contributed by atoms with Crippen LogP contribution in [0.2, 0.25) is 0 Å². The number of pyridine rings is 1. The van der Waals surface area contributed by atoms with Gasteiger partial charge in [0.25, 0.3) is 0 Å². The van der Waals surface area contributed by atoms with Gasteiger partial charge in [-0.2, -0.15) is 13.2 Å². The summed E-state index contributed by atoms with van der Waals surface area (Å²) in [7, 11) is 3.37. The molecule has 2 aromatic rings. The first-order valence-electron chi connectivity index (χ1n) is 9.63. The topological polar surface area (TPSA) is 48.9 Å². The van der Waals surface area contributed by atoms with Crippen molar-refractivity contribution in [2.24, 2.45) is 0 Å². The summed E-state index contributed by atoms with van der Waals surface area (Å²) < 4.78 is 43.2. The van der Waals surface area contributed by atoms with E-state index in [1.165, 1.54) is 6.07 Å². The van der Waals surface area contributed by atoms with E-state index in [1.54, 1.807) is 19.1 Å². The fourth-order valence-electron chi connectivity index (χ4n) is 3.32. The van der Waals surface area contributed by atoms with Gasteiger partial charge in [-0.25, -0.2) is 4.98 Å². The lowest BCUT2D eigenvalue weighted by molar-refractivity contribution is -0.137. The van der Waals surface area contributed by atoms with Gasteiger partial charge in [-0.15, -0.1) is 0 Å². The number of rotatable bonds is 6. The summed E-state index contributed by atoms with van der Waals surface area (Å²) in [5.41, 5.74) is 0.234. The molecule has 9 heteroatoms. The van der Waals surface area contributed by atoms with Gasteiger partial charge in [-0.1, -0.05) is 12.1 Å². The Morgan fingerprint density at radius 1 is 1.17 bits per heavy atom. The van der Waals surface area contributed by atoms with Gasteiger partial charge in [0.15, 0.2) is 0 Å². The Bertz CT molecular complexity index is 850. The predicted molar refractivity (Wildman–Crippen MR) is 107 cm³/mol. The third kappa shape index (κ3) is 5.63. The second kappa shape index (κ2) is 9.34. The molecule has 0 N–H and O–H groups in total. The molecule has 0 atom stereocenters. The van der Waals surface area contributed by atoms with Crippen molar-refractivity contribution in [1.82, 2.24) is 14.8 Å². The molecule has 1 aliphatic heterocycles. The summed E-state index contributed by atoms with van der Waals surface area (Å²) in [5, 5.41) is 0. The zero-order chi connectivity index (χ0) is 21.7. The summed E-state index contributed by atoms with van der Waals surface area (Å²) in [5.74, 6) is 1.28. The molecular formula is C21H25F3N4O2. The highest BCUT2D eigenvalue weighted by molar-refractivity contribution is 5.78. The fraction of sp³-hybridized carbons (Fsp3) is 0.429. The summed E-state index contributed by atoms with van der Waals surface area (Å²) in [6, 6.07) is 10.0. The van der Waals surface area contributed by atoms with Crippen LogP contribution in [-0.4, -0.2) is 67.6 Å². The van der Waals surface area contributed by atoms with Crippen LogP contribution in [0.5, 0.6) is 5.75 Å². The Kier molecular flexibility index (Phi) is 6.81. The van der Waals surface area contributed by atoms with Gasteiger partial charge in [0.1, 0.15) is 11.6 Å². The van der Waals surface area contributed by atoms with Gasteiger partial charge >= 0.3 is 6.18 Å². The van der Waals surface area contributed by atoms with Crippen LogP contribution in [0.3, 0.4) is 0 Å². The molecule has 0 saturated carbocycles. The molecule has 1 aromatic carbocycles. The molecule has 0 spiro atoms. The average molecular weight is 422 g/mol. The monoisotopic (exact) mass is 422 g/mol. The lowest BCUT2D eigenvalue weighted by Gasteiger charge is -2.35. The molecule has 1 amide bonds. The number of anilines is 1. The first-order chi connectivity index (χ1) is 14.3. The zero-order valence-electron chi connectivity index (χ0n) is 17.0. The minimum atomic E-state index is -4.39. The number of amides is 1. The first kappa shape index (κ1) is 21.9. The lowest BCUT2D eigenvalue weighted by atomic mass is 10.2. The molecule has 0 unspecified atom stereocenters. The van der Waals surface area contributed by atoms with Crippen molar-refractivity contribution in [2.45, 2.75) is 12.7 Å². The van der Waals surface area contributed by atoms with Crippen LogP contribution < -0.4 is 9.64 Å². The molecular weight excluding hydrogens is 397 g/mol. The van der Waals surface area contributed by atoms with Gasteiger partial charge in [-0.05, 0) is 29.8 Å². The Morgan fingerprint density at radius 2 is 1.90 bits per heavy atom. The minimum Gasteiger partial charge on any atom is -0.497 e. The number of hydrogen-bond acceptors (Lipinski definition) is 5. The maximum atomic E-state index is 12.7. The highest BCUT2D eigenvalue weighted by Gasteiger charge is 2.31. The normalized spacial score (nSPS) is 15.2. The SMILES string of the molecule is COc1cccc(CN(C)C(=O)CN2CCN(c3ccc(C(F)(F)F)cn3)CC2)c1. The van der Waals surface area contributed by atoms with Crippen LogP contribution in [-0.2, 0) is 17.5 Å². The van der Waals surface area contributed by atoms with Crippen LogP contribution in [0.25, 0.3) is 0 Å². The van der Waals surface area contributed by atoms with Gasteiger partial charge in [0.05, 0.1) is 19.2 Å². The lowest BCUT2D eigenvalue weighted by Crippen LogP contribution is -2.49. The van der Waals surface area contributed by atoms with Crippen molar-refractivity contribution in [1.29, 1.82) is 0 Å². The predicted octanol–water partition coefficient (Wildman–Crippen LogP) is 2.89. The second-order valence-corrected chi connectivity index (χ2v) is 7.27. The molecule has 1 fully saturated rings. The molecule has 1 aromatic heterocycles. The van der Waals surface area contributed by atoms with Crippen LogP contribution in [0.4, 0.5) is 19.0 Å². The molecule has 3 rings (SSSR count). The van der Waals surface area contributed by atoms with Crippen molar-refractivity contribution < 1.29 is 22.7 Å². The molecule has 162 valence electrons. The van der Waals surface area contributed by atoms with E-state index < -0.39 is 11.7 Å². The number of methoxy groups -OCH3 is 1. The third-order valence-corrected chi connectivity index (χ3v) is 5.11. The highest BCUT2D eigenvalue weighted by Crippen LogP contribution is 2.29. The largest absolute Gasteiger partial charge is 0.497 e. The van der Waals surface area contributed by atoms with Crippen LogP contribution in [0.15, 0.2) is 42.6 Å². The minimum absolute atomic E-state index is 0.0129. The summed E-state index contributed by atoms with van der Waals surface area (Å²) in [6.07, 6.45) is -3.53. The van der Waals surface area contributed by atoms with Gasteiger partial charge in [-0.3, -0.25) is 9.69 Å². The van der Waals surface area contributed by atoms with Crippen LogP contribution in [0, 0.1) is 0 Å². The van der Waals surface area contributed by atoms with Crippen LogP contribution in [0.1, 0.15) is 11.1 Å². The summed E-state index contributed by atoms with van der Waals surface area (Å²) >= 11 is 0. The zero-order valence-corrected chi connectivity index (χ0v) is 17.0. The smallest absolute Gasteiger partial charge is 0.417 e. The van der Waals surface area contributed by atoms with E-state index in [0.717, 1.165) is 23.6 Å². The average Bonchev–Trinajstić information content (AvgIpc) is 2.74. The Labute approximate surface area is 173 Å². The number of aromatic nitrogens is 1. The number of likely N-dealkylation sites (N-methyl/N-ethyl adjacent to an activating group) is 1. The molecule has 0 aliphatic carbocycles. The second-order valence-electron chi connectivity index (χ2n) is 7.27. The number of alkyl halides is 3. The maximum Gasteiger partial charge on any atom is 0.417 e. The number of nitrogens with zero attached hydrogens (tertiary/aromatic N) is 4. The number of halogens is 3. The van der Waals surface area contributed by atoms with E-state index >= 15 is 0 Å². The van der Waals surface area contributed by atoms with Crippen molar-refractivity contribution >= 4 is 11.7 Å². The first-order valence-corrected chi connectivity index (χ1v) is 9.63. The van der Waals surface area contributed by atoms with E-state index in [-0.39, 0.29) is 5.91 Å². The van der Waals surface area contributed by atoms with E-state index in [2.05, 4.69) is 4.98 Å². The molecule has 0 radical (unpaired) electrons. The van der Waals surface area contributed by atoms with Crippen LogP contribution >= 0.6 is 0 Å². The van der Waals surface area contributed by atoms with E-state index in [4.69, 9.17) is 4.74 Å². The number of carbonyl (C=O) groups excluding carboxylic acids is 1. The van der Waals surface area contributed by atoms with E-state index in [1.807, 2.05) is 34.1 Å². The number of ether oxygens (including phenoxy) is 1. The molecule has 2 heterocycles. The van der Waals surface area contributed by atoms with Gasteiger partial charge in [0, 0.05) is 46.0 Å². The number of piperazine rings is 1. The van der Waals surface area contributed by atoms with Crippen molar-refractivity contribution in [2.75, 3.05) is 51.8 Å². The van der Waals surface area contributed by atoms with Crippen molar-refractivity contribution in [3.63, 3.8) is 0 Å². The van der Waals surface area contributed by atoms with Crippen molar-refractivity contribution in [3.05, 3.63) is 53.7 Å². The summed E-state index contributed by atoms with van der Waals surface area (Å²) in [6.45, 7) is 3.28. The quantitative estimate of drug-likeness (QED) is 0.717. The Balaban J connectivity index is 1.48. The maximum absolute atomic E-state index is 12.7. The van der Waals surface area contributed by atoms with E-state index in [9.17, 15) is 18.0 Å². The van der Waals surface area contributed by atoms with Gasteiger partial charge < -0.3 is 14.5 Å². The molecule has 1 aliphatic rings. The van der Waals surface area contributed by atoms with Crippen molar-refractivity contribution in [3.8, 4) is 5.75 Å². The number of carbonyl (C=O) groups is 1. The molecule has 6 nitrogen and oxygen atoms in total. The van der Waals surface area contributed by atoms with Gasteiger partial charge in [0.2, 0.25) is 5.91 Å². The molecule has 1 saturated heterocycles. The fourth-order valence-corrected chi connectivity index (χ4v) is 3.32. The Hall–Kier alpha value is -2.81. The standard InChI is InChI=1S/C21H25F3N4O2/c1-26(14-16-4-3-5-18(12-16)30-2)20(29)15-27-8-10-28(11-9-27)19-7-6-17(13-25-19)21(22,23)24/h3-7,12-13H,8-11,14-15H2,1-2H3. The number of hydrogen-bond donors (Lipinski definition) is 0. The molecule has 0 bridgehead atoms. The molecule has 30 heavy (non-hydrogen) atoms. The highest BCUT2D eigenvalue weighted by atomic mass is 19.4.